The van der Waals surface area contributed by atoms with E-state index in [1.54, 1.807) is 12.0 Å². The molecular formula is C17H20N2O3. The lowest BCUT2D eigenvalue weighted by Crippen LogP contribution is -2.38. The molecule has 5 heteroatoms. The number of likely N-dealkylation sites (tertiary alicyclic amines) is 1. The number of methoxy groups -OCH3 is 1. The Kier molecular flexibility index (Phi) is 4.27. The molecule has 1 fully saturated rings. The van der Waals surface area contributed by atoms with Crippen molar-refractivity contribution in [3.05, 3.63) is 54.4 Å². The summed E-state index contributed by atoms with van der Waals surface area (Å²) in [5, 5.41) is 9.50. The second kappa shape index (κ2) is 6.34. The van der Waals surface area contributed by atoms with Crippen molar-refractivity contribution >= 4 is 5.91 Å². The van der Waals surface area contributed by atoms with Crippen LogP contribution in [0, 0.1) is 0 Å². The van der Waals surface area contributed by atoms with E-state index in [0.717, 1.165) is 5.69 Å². The first-order chi connectivity index (χ1) is 10.7. The lowest BCUT2D eigenvalue weighted by Gasteiger charge is -2.23. The Labute approximate surface area is 129 Å². The highest BCUT2D eigenvalue weighted by atomic mass is 16.5. The zero-order valence-electron chi connectivity index (χ0n) is 12.6. The molecule has 3 rings (SSSR count). The predicted molar refractivity (Wildman–Crippen MR) is 83.1 cm³/mol. The molecule has 1 aliphatic heterocycles. The molecule has 116 valence electrons. The van der Waals surface area contributed by atoms with Gasteiger partial charge in [-0.1, -0.05) is 6.07 Å². The Bertz CT molecular complexity index is 639. The van der Waals surface area contributed by atoms with Crippen LogP contribution in [0.4, 0.5) is 0 Å². The van der Waals surface area contributed by atoms with Crippen molar-refractivity contribution in [3.63, 3.8) is 0 Å². The summed E-state index contributed by atoms with van der Waals surface area (Å²) in [6.07, 6.45) is 4.55. The van der Waals surface area contributed by atoms with Gasteiger partial charge in [-0.3, -0.25) is 4.79 Å². The van der Waals surface area contributed by atoms with Crippen molar-refractivity contribution in [3.8, 4) is 5.69 Å². The molecule has 5 nitrogen and oxygen atoms in total. The van der Waals surface area contributed by atoms with E-state index in [1.165, 1.54) is 0 Å². The highest BCUT2D eigenvalue weighted by Gasteiger charge is 2.35. The Morgan fingerprint density at radius 2 is 2.09 bits per heavy atom. The number of amides is 1. The molecule has 0 aliphatic carbocycles. The van der Waals surface area contributed by atoms with Gasteiger partial charge in [0.1, 0.15) is 0 Å². The van der Waals surface area contributed by atoms with E-state index >= 15 is 0 Å². The monoisotopic (exact) mass is 300 g/mol. The molecule has 1 aromatic carbocycles. The summed E-state index contributed by atoms with van der Waals surface area (Å²) in [6.45, 7) is 0.483. The van der Waals surface area contributed by atoms with Gasteiger partial charge in [-0.2, -0.15) is 0 Å². The van der Waals surface area contributed by atoms with Crippen LogP contribution < -0.4 is 0 Å². The van der Waals surface area contributed by atoms with Crippen molar-refractivity contribution in [1.29, 1.82) is 0 Å². The molecule has 2 aromatic rings. The average Bonchev–Trinajstić information content (AvgIpc) is 3.23. The zero-order valence-corrected chi connectivity index (χ0v) is 12.6. The summed E-state index contributed by atoms with van der Waals surface area (Å²) in [7, 11) is 1.64. The first kappa shape index (κ1) is 14.8. The van der Waals surface area contributed by atoms with E-state index < -0.39 is 0 Å². The SMILES string of the molecule is CO[C@@H]1C[C@@H](CO)N(C(=O)c2cccc(-n3cccc3)c2)C1. The van der Waals surface area contributed by atoms with E-state index in [9.17, 15) is 9.90 Å². The van der Waals surface area contributed by atoms with E-state index in [2.05, 4.69) is 0 Å². The van der Waals surface area contributed by atoms with Crippen molar-refractivity contribution in [2.75, 3.05) is 20.3 Å². The zero-order chi connectivity index (χ0) is 15.5. The summed E-state index contributed by atoms with van der Waals surface area (Å²) in [5.41, 5.74) is 1.57. The molecular weight excluding hydrogens is 280 g/mol. The van der Waals surface area contributed by atoms with E-state index in [1.807, 2.05) is 53.4 Å². The molecule has 0 saturated carbocycles. The number of hydrogen-bond donors (Lipinski definition) is 1. The molecule has 1 aromatic heterocycles. The Morgan fingerprint density at radius 1 is 1.32 bits per heavy atom. The van der Waals surface area contributed by atoms with Gasteiger partial charge in [-0.15, -0.1) is 0 Å². The number of rotatable bonds is 4. The maximum atomic E-state index is 12.7. The normalized spacial score (nSPS) is 21.3. The maximum absolute atomic E-state index is 12.7. The van der Waals surface area contributed by atoms with E-state index in [-0.39, 0.29) is 24.7 Å². The number of carbonyl (C=O) groups is 1. The van der Waals surface area contributed by atoms with Gasteiger partial charge in [0.2, 0.25) is 0 Å². The summed E-state index contributed by atoms with van der Waals surface area (Å²) in [4.78, 5) is 14.5. The largest absolute Gasteiger partial charge is 0.394 e. The van der Waals surface area contributed by atoms with Gasteiger partial charge >= 0.3 is 0 Å². The Balaban J connectivity index is 1.84. The predicted octanol–water partition coefficient (Wildman–Crippen LogP) is 1.70. The van der Waals surface area contributed by atoms with Crippen LogP contribution >= 0.6 is 0 Å². The van der Waals surface area contributed by atoms with Crippen LogP contribution in [-0.4, -0.2) is 52.9 Å². The molecule has 22 heavy (non-hydrogen) atoms. The molecule has 0 bridgehead atoms. The van der Waals surface area contributed by atoms with Gasteiger partial charge < -0.3 is 19.3 Å². The molecule has 1 N–H and O–H groups in total. The first-order valence-corrected chi connectivity index (χ1v) is 7.41. The van der Waals surface area contributed by atoms with Gasteiger partial charge in [0.25, 0.3) is 5.91 Å². The maximum Gasteiger partial charge on any atom is 0.254 e. The average molecular weight is 300 g/mol. The third-order valence-corrected chi connectivity index (χ3v) is 4.18. The molecule has 2 atom stereocenters. The standard InChI is InChI=1S/C17H20N2O3/c1-22-16-10-15(12-20)19(11-16)17(21)13-5-4-6-14(9-13)18-7-2-3-8-18/h2-9,15-16,20H,10-12H2,1H3/t15-,16+/m0/s1. The third kappa shape index (κ3) is 2.77. The van der Waals surface area contributed by atoms with E-state index in [4.69, 9.17) is 4.74 Å². The van der Waals surface area contributed by atoms with Crippen LogP contribution in [0.15, 0.2) is 48.8 Å². The van der Waals surface area contributed by atoms with Crippen LogP contribution in [-0.2, 0) is 4.74 Å². The second-order valence-electron chi connectivity index (χ2n) is 5.53. The van der Waals surface area contributed by atoms with Crippen molar-refractivity contribution in [2.24, 2.45) is 0 Å². The lowest BCUT2D eigenvalue weighted by molar-refractivity contribution is 0.0648. The minimum Gasteiger partial charge on any atom is -0.394 e. The quantitative estimate of drug-likeness (QED) is 0.935. The number of ether oxygens (including phenoxy) is 1. The minimum absolute atomic E-state index is 0.00580. The summed E-state index contributed by atoms with van der Waals surface area (Å²) in [5.74, 6) is -0.0624. The van der Waals surface area contributed by atoms with Crippen LogP contribution in [0.2, 0.25) is 0 Å². The van der Waals surface area contributed by atoms with Gasteiger partial charge in [0.15, 0.2) is 0 Å². The molecule has 0 spiro atoms. The molecule has 0 unspecified atom stereocenters. The molecule has 0 radical (unpaired) electrons. The third-order valence-electron chi connectivity index (χ3n) is 4.18. The molecule has 1 amide bonds. The van der Waals surface area contributed by atoms with Crippen molar-refractivity contribution < 1.29 is 14.6 Å². The fraction of sp³-hybridized carbons (Fsp3) is 0.353. The smallest absolute Gasteiger partial charge is 0.254 e. The van der Waals surface area contributed by atoms with Gasteiger partial charge in [0, 0.05) is 37.3 Å². The Morgan fingerprint density at radius 3 is 2.77 bits per heavy atom. The number of carbonyl (C=O) groups excluding carboxylic acids is 1. The van der Waals surface area contributed by atoms with Crippen molar-refractivity contribution in [1.82, 2.24) is 9.47 Å². The highest BCUT2D eigenvalue weighted by Crippen LogP contribution is 2.23. The fourth-order valence-electron chi connectivity index (χ4n) is 2.94. The summed E-state index contributed by atoms with van der Waals surface area (Å²) < 4.78 is 7.29. The van der Waals surface area contributed by atoms with Gasteiger partial charge in [-0.25, -0.2) is 0 Å². The number of nitrogens with zero attached hydrogens (tertiary/aromatic N) is 2. The van der Waals surface area contributed by atoms with Crippen LogP contribution in [0.5, 0.6) is 0 Å². The number of aliphatic hydroxyl groups is 1. The number of benzene rings is 1. The first-order valence-electron chi connectivity index (χ1n) is 7.41. The number of aliphatic hydroxyl groups excluding tert-OH is 1. The highest BCUT2D eigenvalue weighted by molar-refractivity contribution is 5.95. The number of aromatic nitrogens is 1. The van der Waals surface area contributed by atoms with Gasteiger partial charge in [0.05, 0.1) is 18.8 Å². The van der Waals surface area contributed by atoms with Crippen LogP contribution in [0.1, 0.15) is 16.8 Å². The second-order valence-corrected chi connectivity index (χ2v) is 5.53. The lowest BCUT2D eigenvalue weighted by atomic mass is 10.1. The number of hydrogen-bond acceptors (Lipinski definition) is 3. The van der Waals surface area contributed by atoms with Crippen LogP contribution in [0.25, 0.3) is 5.69 Å². The van der Waals surface area contributed by atoms with Crippen LogP contribution in [0.3, 0.4) is 0 Å². The van der Waals surface area contributed by atoms with E-state index in [0.29, 0.717) is 18.5 Å². The topological polar surface area (TPSA) is 54.7 Å². The fourth-order valence-corrected chi connectivity index (χ4v) is 2.94. The summed E-state index contributed by atoms with van der Waals surface area (Å²) in [6, 6.07) is 11.2. The molecule has 1 saturated heterocycles. The minimum atomic E-state index is -0.173. The molecule has 2 heterocycles. The Hall–Kier alpha value is -2.11. The molecule has 1 aliphatic rings. The van der Waals surface area contributed by atoms with Gasteiger partial charge in [-0.05, 0) is 36.8 Å². The van der Waals surface area contributed by atoms with Crippen molar-refractivity contribution in [2.45, 2.75) is 18.6 Å². The summed E-state index contributed by atoms with van der Waals surface area (Å²) >= 11 is 0.